The van der Waals surface area contributed by atoms with E-state index in [0.717, 1.165) is 16.8 Å². The molecule has 4 heteroatoms. The number of anilines is 1. The molecule has 0 aromatic heterocycles. The van der Waals surface area contributed by atoms with Gasteiger partial charge in [-0.05, 0) is 35.4 Å². The largest absolute Gasteiger partial charge is 0.488 e. The first-order valence-corrected chi connectivity index (χ1v) is 8.03. The van der Waals surface area contributed by atoms with E-state index in [-0.39, 0.29) is 12.5 Å². The molecule has 0 heterocycles. The lowest BCUT2D eigenvalue weighted by Gasteiger charge is -2.12. The Morgan fingerprint density at radius 1 is 0.840 bits per heavy atom. The topological polar surface area (TPSA) is 58.6 Å². The maximum atomic E-state index is 12.5. The number of carbonyl (C=O) groups excluding carboxylic acids is 1. The molecule has 0 saturated carbocycles. The summed E-state index contributed by atoms with van der Waals surface area (Å²) in [7, 11) is 0. The van der Waals surface area contributed by atoms with Gasteiger partial charge in [-0.1, -0.05) is 54.6 Å². The van der Waals surface area contributed by atoms with Crippen LogP contribution in [0.3, 0.4) is 0 Å². The average molecular weight is 333 g/mol. The zero-order chi connectivity index (χ0) is 17.5. The molecule has 0 aliphatic rings. The molecule has 3 rings (SSSR count). The molecule has 0 radical (unpaired) electrons. The van der Waals surface area contributed by atoms with Crippen LogP contribution in [0.2, 0.25) is 0 Å². The highest BCUT2D eigenvalue weighted by Crippen LogP contribution is 2.21. The molecule has 0 spiro atoms. The molecule has 3 aromatic carbocycles. The van der Waals surface area contributed by atoms with Gasteiger partial charge in [0, 0.05) is 5.69 Å². The summed E-state index contributed by atoms with van der Waals surface area (Å²) in [6, 6.07) is 24.0. The fourth-order valence-electron chi connectivity index (χ4n) is 2.40. The Hall–Kier alpha value is -3.11. The van der Waals surface area contributed by atoms with Gasteiger partial charge >= 0.3 is 0 Å². The fourth-order valence-corrected chi connectivity index (χ4v) is 2.40. The third-order valence-electron chi connectivity index (χ3n) is 3.76. The molecule has 0 fully saturated rings. The molecule has 126 valence electrons. The van der Waals surface area contributed by atoms with Crippen LogP contribution in [0.1, 0.15) is 21.5 Å². The van der Waals surface area contributed by atoms with Crippen LogP contribution in [-0.2, 0) is 13.2 Å². The van der Waals surface area contributed by atoms with E-state index in [9.17, 15) is 4.79 Å². The van der Waals surface area contributed by atoms with E-state index < -0.39 is 0 Å². The Morgan fingerprint density at radius 3 is 2.20 bits per heavy atom. The number of para-hydroxylation sites is 2. The van der Waals surface area contributed by atoms with E-state index in [1.807, 2.05) is 66.7 Å². The van der Waals surface area contributed by atoms with Gasteiger partial charge in [0.05, 0.1) is 12.2 Å². The number of hydrogen-bond donors (Lipinski definition) is 2. The number of ether oxygens (including phenoxy) is 1. The molecule has 0 atom stereocenters. The zero-order valence-corrected chi connectivity index (χ0v) is 13.7. The van der Waals surface area contributed by atoms with Crippen LogP contribution in [0.4, 0.5) is 5.69 Å². The van der Waals surface area contributed by atoms with E-state index in [0.29, 0.717) is 17.9 Å². The van der Waals surface area contributed by atoms with Gasteiger partial charge in [-0.2, -0.15) is 0 Å². The first-order chi connectivity index (χ1) is 12.3. The van der Waals surface area contributed by atoms with E-state index in [2.05, 4.69) is 5.32 Å². The highest BCUT2D eigenvalue weighted by Gasteiger charge is 2.12. The standard InChI is InChI=1S/C21H19NO3/c23-14-16-10-12-17(13-11-16)15-25-20-9-5-4-8-19(20)21(24)22-18-6-2-1-3-7-18/h1-13,23H,14-15H2,(H,22,24). The summed E-state index contributed by atoms with van der Waals surface area (Å²) < 4.78 is 5.83. The summed E-state index contributed by atoms with van der Waals surface area (Å²) in [5.74, 6) is 0.319. The van der Waals surface area contributed by atoms with Gasteiger partial charge in [0.1, 0.15) is 12.4 Å². The number of aliphatic hydroxyl groups is 1. The fraction of sp³-hybridized carbons (Fsp3) is 0.0952. The minimum atomic E-state index is -0.211. The Labute approximate surface area is 146 Å². The second-order valence-electron chi connectivity index (χ2n) is 5.58. The Bertz CT molecular complexity index is 829. The van der Waals surface area contributed by atoms with Crippen LogP contribution >= 0.6 is 0 Å². The summed E-state index contributed by atoms with van der Waals surface area (Å²) >= 11 is 0. The van der Waals surface area contributed by atoms with Gasteiger partial charge in [-0.15, -0.1) is 0 Å². The van der Waals surface area contributed by atoms with Crippen molar-refractivity contribution in [2.24, 2.45) is 0 Å². The molecule has 0 aliphatic carbocycles. The number of rotatable bonds is 6. The predicted molar refractivity (Wildman–Crippen MR) is 97.5 cm³/mol. The Kier molecular flexibility index (Phi) is 5.44. The van der Waals surface area contributed by atoms with Gasteiger partial charge in [0.15, 0.2) is 0 Å². The van der Waals surface area contributed by atoms with E-state index in [1.54, 1.807) is 12.1 Å². The lowest BCUT2D eigenvalue weighted by Crippen LogP contribution is -2.13. The molecular weight excluding hydrogens is 314 g/mol. The van der Waals surface area contributed by atoms with Crippen molar-refractivity contribution in [3.63, 3.8) is 0 Å². The monoisotopic (exact) mass is 333 g/mol. The Morgan fingerprint density at radius 2 is 1.48 bits per heavy atom. The van der Waals surface area contributed by atoms with Crippen molar-refractivity contribution in [1.29, 1.82) is 0 Å². The van der Waals surface area contributed by atoms with Crippen LogP contribution in [0, 0.1) is 0 Å². The lowest BCUT2D eigenvalue weighted by molar-refractivity contribution is 0.102. The number of carbonyl (C=O) groups is 1. The van der Waals surface area contributed by atoms with Gasteiger partial charge in [0.25, 0.3) is 5.91 Å². The molecule has 1 amide bonds. The van der Waals surface area contributed by atoms with Gasteiger partial charge in [0.2, 0.25) is 0 Å². The van der Waals surface area contributed by atoms with Crippen molar-refractivity contribution in [3.05, 3.63) is 95.6 Å². The van der Waals surface area contributed by atoms with Crippen LogP contribution in [-0.4, -0.2) is 11.0 Å². The zero-order valence-electron chi connectivity index (χ0n) is 13.7. The first kappa shape index (κ1) is 16.7. The van der Waals surface area contributed by atoms with Crippen molar-refractivity contribution < 1.29 is 14.6 Å². The molecule has 0 aliphatic heterocycles. The molecule has 0 bridgehead atoms. The van der Waals surface area contributed by atoms with Crippen molar-refractivity contribution in [2.45, 2.75) is 13.2 Å². The second-order valence-corrected chi connectivity index (χ2v) is 5.58. The minimum Gasteiger partial charge on any atom is -0.488 e. The number of amides is 1. The average Bonchev–Trinajstić information content (AvgIpc) is 2.68. The van der Waals surface area contributed by atoms with Gasteiger partial charge in [-0.25, -0.2) is 0 Å². The number of hydrogen-bond acceptors (Lipinski definition) is 3. The molecular formula is C21H19NO3. The number of nitrogens with one attached hydrogen (secondary N) is 1. The molecule has 0 saturated heterocycles. The summed E-state index contributed by atoms with van der Waals surface area (Å²) in [5.41, 5.74) is 3.04. The summed E-state index contributed by atoms with van der Waals surface area (Å²) in [6.45, 7) is 0.366. The molecule has 0 unspecified atom stereocenters. The smallest absolute Gasteiger partial charge is 0.259 e. The van der Waals surface area contributed by atoms with E-state index in [1.165, 1.54) is 0 Å². The van der Waals surface area contributed by atoms with Crippen LogP contribution < -0.4 is 10.1 Å². The minimum absolute atomic E-state index is 0.0175. The maximum absolute atomic E-state index is 12.5. The number of aliphatic hydroxyl groups excluding tert-OH is 1. The second kappa shape index (κ2) is 8.13. The maximum Gasteiger partial charge on any atom is 0.259 e. The van der Waals surface area contributed by atoms with Crippen LogP contribution in [0.15, 0.2) is 78.9 Å². The summed E-state index contributed by atoms with van der Waals surface area (Å²) in [5, 5.41) is 11.9. The SMILES string of the molecule is O=C(Nc1ccccc1)c1ccccc1OCc1ccc(CO)cc1. The Balaban J connectivity index is 1.70. The molecule has 2 N–H and O–H groups in total. The third kappa shape index (κ3) is 4.46. The first-order valence-electron chi connectivity index (χ1n) is 8.03. The van der Waals surface area contributed by atoms with Crippen molar-refractivity contribution >= 4 is 11.6 Å². The quantitative estimate of drug-likeness (QED) is 0.716. The summed E-state index contributed by atoms with van der Waals surface area (Å²) in [6.07, 6.45) is 0. The van der Waals surface area contributed by atoms with E-state index in [4.69, 9.17) is 9.84 Å². The van der Waals surface area contributed by atoms with Crippen molar-refractivity contribution in [1.82, 2.24) is 0 Å². The molecule has 3 aromatic rings. The summed E-state index contributed by atoms with van der Waals surface area (Å²) in [4.78, 5) is 12.5. The number of benzene rings is 3. The predicted octanol–water partition coefficient (Wildman–Crippen LogP) is 4.01. The molecule has 4 nitrogen and oxygen atoms in total. The van der Waals surface area contributed by atoms with E-state index >= 15 is 0 Å². The lowest BCUT2D eigenvalue weighted by atomic mass is 10.1. The third-order valence-corrected chi connectivity index (χ3v) is 3.76. The van der Waals surface area contributed by atoms with Gasteiger partial charge in [-0.3, -0.25) is 4.79 Å². The van der Waals surface area contributed by atoms with Crippen LogP contribution in [0.25, 0.3) is 0 Å². The normalized spacial score (nSPS) is 10.3. The van der Waals surface area contributed by atoms with Crippen molar-refractivity contribution in [3.8, 4) is 5.75 Å². The van der Waals surface area contributed by atoms with Crippen molar-refractivity contribution in [2.75, 3.05) is 5.32 Å². The van der Waals surface area contributed by atoms with Crippen LogP contribution in [0.5, 0.6) is 5.75 Å². The highest BCUT2D eigenvalue weighted by atomic mass is 16.5. The van der Waals surface area contributed by atoms with Gasteiger partial charge < -0.3 is 15.2 Å². The highest BCUT2D eigenvalue weighted by molar-refractivity contribution is 6.06. The molecule has 25 heavy (non-hydrogen) atoms.